The Hall–Kier alpha value is -2.62. The fourth-order valence-corrected chi connectivity index (χ4v) is 4.26. The molecule has 0 spiro atoms. The predicted molar refractivity (Wildman–Crippen MR) is 115 cm³/mol. The Morgan fingerprint density at radius 2 is 1.82 bits per heavy atom. The number of aryl methyl sites for hydroxylation is 3. The van der Waals surface area contributed by atoms with E-state index >= 15 is 0 Å². The maximum atomic E-state index is 12.9. The average Bonchev–Trinajstić information content (AvgIpc) is 3.19. The van der Waals surface area contributed by atoms with Crippen molar-refractivity contribution in [1.82, 2.24) is 9.55 Å². The Morgan fingerprint density at radius 1 is 1.11 bits per heavy atom. The molecule has 1 saturated heterocycles. The van der Waals surface area contributed by atoms with Gasteiger partial charge >= 0.3 is 0 Å². The van der Waals surface area contributed by atoms with Crippen LogP contribution in [0, 0.1) is 19.8 Å². The Kier molecular flexibility index (Phi) is 4.96. The average molecular weight is 376 g/mol. The molecule has 1 aromatic heterocycles. The van der Waals surface area contributed by atoms with Crippen LogP contribution in [0.5, 0.6) is 0 Å². The molecule has 0 aliphatic carbocycles. The van der Waals surface area contributed by atoms with E-state index in [0.29, 0.717) is 18.9 Å². The number of para-hydroxylation sites is 2. The number of amides is 1. The fraction of sp³-hybridized carbons (Fsp3) is 0.417. The van der Waals surface area contributed by atoms with Crippen LogP contribution in [0.4, 0.5) is 5.69 Å². The van der Waals surface area contributed by atoms with E-state index in [4.69, 9.17) is 4.98 Å². The third-order valence-electron chi connectivity index (χ3n) is 5.62. The zero-order valence-electron chi connectivity index (χ0n) is 17.3. The van der Waals surface area contributed by atoms with Gasteiger partial charge in [0.25, 0.3) is 0 Å². The lowest BCUT2D eigenvalue weighted by molar-refractivity contribution is -0.117. The van der Waals surface area contributed by atoms with Gasteiger partial charge in [0, 0.05) is 31.1 Å². The third kappa shape index (κ3) is 3.56. The first-order chi connectivity index (χ1) is 13.4. The minimum Gasteiger partial charge on any atom is -0.328 e. The number of hydrogen-bond acceptors (Lipinski definition) is 2. The summed E-state index contributed by atoms with van der Waals surface area (Å²) in [5.41, 5.74) is 5.59. The van der Waals surface area contributed by atoms with Gasteiger partial charge in [0.05, 0.1) is 11.0 Å². The standard InChI is InChI=1S/C24H29N3O/c1-16(2)9-10-26-22-8-6-5-7-21(22)25-24(26)19-14-23(28)27(15-19)20-12-17(3)11-18(4)13-20/h5-8,11-13,16,19H,9-10,14-15H2,1-4H3/t19-/m1/s1. The topological polar surface area (TPSA) is 38.1 Å². The highest BCUT2D eigenvalue weighted by Gasteiger charge is 2.35. The van der Waals surface area contributed by atoms with E-state index in [1.807, 2.05) is 11.0 Å². The van der Waals surface area contributed by atoms with E-state index in [9.17, 15) is 4.79 Å². The summed E-state index contributed by atoms with van der Waals surface area (Å²) in [4.78, 5) is 19.8. The third-order valence-corrected chi connectivity index (χ3v) is 5.62. The summed E-state index contributed by atoms with van der Waals surface area (Å²) in [6, 6.07) is 14.7. The number of carbonyl (C=O) groups is 1. The summed E-state index contributed by atoms with van der Waals surface area (Å²) in [6.07, 6.45) is 1.63. The lowest BCUT2D eigenvalue weighted by Crippen LogP contribution is -2.24. The van der Waals surface area contributed by atoms with Gasteiger partial charge in [0.15, 0.2) is 0 Å². The number of carbonyl (C=O) groups excluding carboxylic acids is 1. The number of imidazole rings is 1. The highest BCUT2D eigenvalue weighted by atomic mass is 16.2. The molecule has 0 bridgehead atoms. The molecule has 1 amide bonds. The number of rotatable bonds is 5. The SMILES string of the molecule is Cc1cc(C)cc(N2C[C@H](c3nc4ccccc4n3CCC(C)C)CC2=O)c1. The molecule has 2 aromatic carbocycles. The predicted octanol–water partition coefficient (Wildman–Crippen LogP) is 5.22. The summed E-state index contributed by atoms with van der Waals surface area (Å²) in [6.45, 7) is 10.3. The highest BCUT2D eigenvalue weighted by molar-refractivity contribution is 5.96. The molecule has 1 atom stereocenters. The quantitative estimate of drug-likeness (QED) is 0.613. The zero-order valence-corrected chi connectivity index (χ0v) is 17.3. The number of hydrogen-bond donors (Lipinski definition) is 0. The zero-order chi connectivity index (χ0) is 19.8. The highest BCUT2D eigenvalue weighted by Crippen LogP contribution is 2.34. The second-order valence-corrected chi connectivity index (χ2v) is 8.54. The molecule has 4 heteroatoms. The molecule has 0 N–H and O–H groups in total. The molecular formula is C24H29N3O. The Balaban J connectivity index is 1.68. The van der Waals surface area contributed by atoms with Crippen LogP contribution in [0.2, 0.25) is 0 Å². The van der Waals surface area contributed by atoms with E-state index in [0.717, 1.165) is 30.0 Å². The van der Waals surface area contributed by atoms with Gasteiger partial charge < -0.3 is 9.47 Å². The van der Waals surface area contributed by atoms with Gasteiger partial charge in [-0.05, 0) is 61.6 Å². The van der Waals surface area contributed by atoms with Crippen LogP contribution in [0.3, 0.4) is 0 Å². The lowest BCUT2D eigenvalue weighted by Gasteiger charge is -2.19. The van der Waals surface area contributed by atoms with Crippen molar-refractivity contribution < 1.29 is 4.79 Å². The minimum atomic E-state index is 0.132. The van der Waals surface area contributed by atoms with Gasteiger partial charge in [-0.15, -0.1) is 0 Å². The van der Waals surface area contributed by atoms with Crippen molar-refractivity contribution in [3.8, 4) is 0 Å². The van der Waals surface area contributed by atoms with Crippen molar-refractivity contribution >= 4 is 22.6 Å². The minimum absolute atomic E-state index is 0.132. The molecule has 0 radical (unpaired) electrons. The first kappa shape index (κ1) is 18.7. The van der Waals surface area contributed by atoms with Crippen LogP contribution < -0.4 is 4.90 Å². The van der Waals surface area contributed by atoms with E-state index in [-0.39, 0.29) is 11.8 Å². The molecule has 2 heterocycles. The molecule has 1 fully saturated rings. The molecule has 0 unspecified atom stereocenters. The molecule has 3 aromatic rings. The van der Waals surface area contributed by atoms with Gasteiger partial charge in [-0.1, -0.05) is 32.0 Å². The van der Waals surface area contributed by atoms with Gasteiger partial charge in [-0.25, -0.2) is 4.98 Å². The maximum Gasteiger partial charge on any atom is 0.227 e. The number of anilines is 1. The van der Waals surface area contributed by atoms with Crippen LogP contribution in [-0.4, -0.2) is 22.0 Å². The summed E-state index contributed by atoms with van der Waals surface area (Å²) in [5, 5.41) is 0. The van der Waals surface area contributed by atoms with Gasteiger partial charge in [-0.2, -0.15) is 0 Å². The smallest absolute Gasteiger partial charge is 0.227 e. The molecule has 1 aliphatic rings. The monoisotopic (exact) mass is 375 g/mol. The summed E-state index contributed by atoms with van der Waals surface area (Å²) < 4.78 is 2.35. The number of fused-ring (bicyclic) bond motifs is 1. The normalized spacial score (nSPS) is 17.2. The molecule has 4 nitrogen and oxygen atoms in total. The molecule has 1 aliphatic heterocycles. The number of nitrogens with zero attached hydrogens (tertiary/aromatic N) is 3. The van der Waals surface area contributed by atoms with Gasteiger partial charge in [-0.3, -0.25) is 4.79 Å². The number of aromatic nitrogens is 2. The van der Waals surface area contributed by atoms with E-state index in [2.05, 4.69) is 68.7 Å². The van der Waals surface area contributed by atoms with Crippen molar-refractivity contribution in [2.24, 2.45) is 5.92 Å². The number of benzene rings is 2. The second-order valence-electron chi connectivity index (χ2n) is 8.54. The van der Waals surface area contributed by atoms with Crippen LogP contribution in [0.25, 0.3) is 11.0 Å². The van der Waals surface area contributed by atoms with Gasteiger partial charge in [0.2, 0.25) is 5.91 Å². The molecule has 146 valence electrons. The van der Waals surface area contributed by atoms with Crippen LogP contribution in [0.1, 0.15) is 49.6 Å². The summed E-state index contributed by atoms with van der Waals surface area (Å²) >= 11 is 0. The summed E-state index contributed by atoms with van der Waals surface area (Å²) in [7, 11) is 0. The Morgan fingerprint density at radius 3 is 2.54 bits per heavy atom. The Bertz CT molecular complexity index is 998. The first-order valence-electron chi connectivity index (χ1n) is 10.3. The van der Waals surface area contributed by atoms with Crippen molar-refractivity contribution in [3.63, 3.8) is 0 Å². The van der Waals surface area contributed by atoms with Crippen molar-refractivity contribution in [3.05, 3.63) is 59.4 Å². The largest absolute Gasteiger partial charge is 0.328 e. The fourth-order valence-electron chi connectivity index (χ4n) is 4.26. The van der Waals surface area contributed by atoms with E-state index in [1.165, 1.54) is 16.6 Å². The second kappa shape index (κ2) is 7.42. The van der Waals surface area contributed by atoms with Crippen LogP contribution in [0.15, 0.2) is 42.5 Å². The van der Waals surface area contributed by atoms with Crippen LogP contribution in [-0.2, 0) is 11.3 Å². The maximum absolute atomic E-state index is 12.9. The van der Waals surface area contributed by atoms with Crippen molar-refractivity contribution in [2.75, 3.05) is 11.4 Å². The van der Waals surface area contributed by atoms with Crippen molar-refractivity contribution in [1.29, 1.82) is 0 Å². The molecular weight excluding hydrogens is 346 g/mol. The van der Waals surface area contributed by atoms with Crippen LogP contribution >= 0.6 is 0 Å². The van der Waals surface area contributed by atoms with Gasteiger partial charge in [0.1, 0.15) is 5.82 Å². The Labute approximate surface area is 167 Å². The van der Waals surface area contributed by atoms with Crippen molar-refractivity contribution in [2.45, 2.75) is 53.0 Å². The lowest BCUT2D eigenvalue weighted by atomic mass is 10.1. The van der Waals surface area contributed by atoms with E-state index in [1.54, 1.807) is 0 Å². The molecule has 0 saturated carbocycles. The van der Waals surface area contributed by atoms with E-state index < -0.39 is 0 Å². The first-order valence-corrected chi connectivity index (χ1v) is 10.3. The summed E-state index contributed by atoms with van der Waals surface area (Å²) in [5.74, 6) is 2.01. The molecule has 28 heavy (non-hydrogen) atoms. The molecule has 4 rings (SSSR count).